The lowest BCUT2D eigenvalue weighted by atomic mass is 9.48. The number of nitrogens with one attached hydrogen (secondary N) is 2. The third-order valence-corrected chi connectivity index (χ3v) is 6.63. The van der Waals surface area contributed by atoms with Crippen LogP contribution in [0, 0.1) is 34.5 Å². The second-order valence-corrected chi connectivity index (χ2v) is 8.36. The van der Waals surface area contributed by atoms with E-state index in [0.717, 1.165) is 17.8 Å². The first-order chi connectivity index (χ1) is 12.6. The van der Waals surface area contributed by atoms with Gasteiger partial charge in [-0.1, -0.05) is 0 Å². The van der Waals surface area contributed by atoms with Crippen LogP contribution >= 0.6 is 0 Å². The van der Waals surface area contributed by atoms with Crippen LogP contribution < -0.4 is 10.6 Å². The van der Waals surface area contributed by atoms with Gasteiger partial charge in [0.05, 0.1) is 0 Å². The number of aromatic nitrogens is 2. The lowest BCUT2D eigenvalue weighted by Crippen LogP contribution is -2.56. The van der Waals surface area contributed by atoms with Gasteiger partial charge in [-0.3, -0.25) is 4.79 Å². The second-order valence-electron chi connectivity index (χ2n) is 8.36. The molecular formula is C20H25N5O. The Hall–Kier alpha value is -2.42. The first-order valence-electron chi connectivity index (χ1n) is 9.52. The van der Waals surface area contributed by atoms with Crippen molar-refractivity contribution in [2.75, 3.05) is 5.32 Å². The van der Waals surface area contributed by atoms with E-state index >= 15 is 0 Å². The molecule has 6 nitrogen and oxygen atoms in total. The SMILES string of the molecule is CC(NC(=O)/C(C#N)=C\Nc1ncccn1)C12CC3CC(CC(C3)C1)C2. The monoisotopic (exact) mass is 351 g/mol. The van der Waals surface area contributed by atoms with Crippen LogP contribution in [0.15, 0.2) is 30.2 Å². The predicted octanol–water partition coefficient (Wildman–Crippen LogP) is 3.02. The number of hydrogen-bond donors (Lipinski definition) is 2. The summed E-state index contributed by atoms with van der Waals surface area (Å²) in [7, 11) is 0. The third-order valence-electron chi connectivity index (χ3n) is 6.63. The Labute approximate surface area is 154 Å². The van der Waals surface area contributed by atoms with Crippen LogP contribution in [-0.4, -0.2) is 21.9 Å². The second kappa shape index (κ2) is 6.71. The average Bonchev–Trinajstić information content (AvgIpc) is 2.62. The summed E-state index contributed by atoms with van der Waals surface area (Å²) >= 11 is 0. The zero-order valence-electron chi connectivity index (χ0n) is 15.1. The summed E-state index contributed by atoms with van der Waals surface area (Å²) in [6.45, 7) is 2.12. The summed E-state index contributed by atoms with van der Waals surface area (Å²) < 4.78 is 0. The molecule has 0 aromatic carbocycles. The molecule has 136 valence electrons. The average molecular weight is 351 g/mol. The van der Waals surface area contributed by atoms with E-state index in [1.165, 1.54) is 44.7 Å². The van der Waals surface area contributed by atoms with E-state index < -0.39 is 0 Å². The van der Waals surface area contributed by atoms with E-state index in [9.17, 15) is 10.1 Å². The number of amides is 1. The maximum atomic E-state index is 12.6. The molecule has 1 unspecified atom stereocenters. The fourth-order valence-electron chi connectivity index (χ4n) is 5.79. The molecule has 0 aliphatic heterocycles. The summed E-state index contributed by atoms with van der Waals surface area (Å²) in [5.74, 6) is 2.55. The van der Waals surface area contributed by atoms with Crippen LogP contribution in [0.3, 0.4) is 0 Å². The maximum absolute atomic E-state index is 12.6. The van der Waals surface area contributed by atoms with Gasteiger partial charge in [0.15, 0.2) is 0 Å². The molecule has 0 radical (unpaired) electrons. The largest absolute Gasteiger partial charge is 0.348 e. The highest BCUT2D eigenvalue weighted by molar-refractivity contribution is 5.97. The molecule has 2 N–H and O–H groups in total. The molecule has 0 spiro atoms. The van der Waals surface area contributed by atoms with Gasteiger partial charge in [-0.05, 0) is 74.7 Å². The number of carbonyl (C=O) groups is 1. The lowest BCUT2D eigenvalue weighted by molar-refractivity contribution is -0.122. The minimum Gasteiger partial charge on any atom is -0.348 e. The van der Waals surface area contributed by atoms with Gasteiger partial charge in [0.25, 0.3) is 5.91 Å². The molecule has 6 heteroatoms. The Morgan fingerprint density at radius 2 is 1.81 bits per heavy atom. The smallest absolute Gasteiger partial charge is 0.263 e. The van der Waals surface area contributed by atoms with E-state index in [1.807, 2.05) is 6.07 Å². The van der Waals surface area contributed by atoms with Crippen molar-refractivity contribution in [3.63, 3.8) is 0 Å². The number of rotatable bonds is 5. The Morgan fingerprint density at radius 3 is 2.35 bits per heavy atom. The van der Waals surface area contributed by atoms with Gasteiger partial charge in [0, 0.05) is 24.6 Å². The number of hydrogen-bond acceptors (Lipinski definition) is 5. The van der Waals surface area contributed by atoms with Crippen LogP contribution in [0.5, 0.6) is 0 Å². The zero-order chi connectivity index (χ0) is 18.1. The van der Waals surface area contributed by atoms with E-state index in [4.69, 9.17) is 0 Å². The van der Waals surface area contributed by atoms with Crippen molar-refractivity contribution in [3.8, 4) is 6.07 Å². The minimum atomic E-state index is -0.320. The molecular weight excluding hydrogens is 326 g/mol. The van der Waals surface area contributed by atoms with Crippen LogP contribution in [0.4, 0.5) is 5.95 Å². The Kier molecular flexibility index (Phi) is 4.39. The molecule has 4 aliphatic carbocycles. The quantitative estimate of drug-likeness (QED) is 0.628. The first-order valence-corrected chi connectivity index (χ1v) is 9.52. The van der Waals surface area contributed by atoms with Gasteiger partial charge in [-0.15, -0.1) is 0 Å². The zero-order valence-corrected chi connectivity index (χ0v) is 15.1. The molecule has 1 atom stereocenters. The van der Waals surface area contributed by atoms with Gasteiger partial charge < -0.3 is 10.6 Å². The van der Waals surface area contributed by atoms with Crippen LogP contribution in [0.25, 0.3) is 0 Å². The van der Waals surface area contributed by atoms with Crippen molar-refractivity contribution in [2.24, 2.45) is 23.2 Å². The standard InChI is InChI=1S/C20H25N5O/c1-13(20-8-14-5-15(9-20)7-16(6-14)10-20)25-18(26)17(11-21)12-24-19-22-3-2-4-23-19/h2-4,12-16H,5-10H2,1H3,(H,25,26)(H,22,23,24)/b17-12-. The van der Waals surface area contributed by atoms with Gasteiger partial charge in [-0.2, -0.15) is 5.26 Å². The molecule has 1 amide bonds. The fourth-order valence-corrected chi connectivity index (χ4v) is 5.79. The summed E-state index contributed by atoms with van der Waals surface area (Å²) in [5, 5.41) is 15.3. The highest BCUT2D eigenvalue weighted by Gasteiger charge is 2.53. The van der Waals surface area contributed by atoms with Crippen molar-refractivity contribution in [3.05, 3.63) is 30.2 Å². The number of carbonyl (C=O) groups excluding carboxylic acids is 1. The maximum Gasteiger partial charge on any atom is 0.263 e. The van der Waals surface area contributed by atoms with Crippen LogP contribution in [0.2, 0.25) is 0 Å². The molecule has 5 rings (SSSR count). The normalized spacial score (nSPS) is 33.4. The Balaban J connectivity index is 1.42. The molecule has 1 heterocycles. The topological polar surface area (TPSA) is 90.7 Å². The van der Waals surface area contributed by atoms with Crippen molar-refractivity contribution in [2.45, 2.75) is 51.5 Å². The molecule has 4 bridgehead atoms. The van der Waals surface area contributed by atoms with E-state index in [-0.39, 0.29) is 22.9 Å². The fraction of sp³-hybridized carbons (Fsp3) is 0.600. The van der Waals surface area contributed by atoms with E-state index in [2.05, 4.69) is 27.5 Å². The van der Waals surface area contributed by atoms with Gasteiger partial charge >= 0.3 is 0 Å². The van der Waals surface area contributed by atoms with Gasteiger partial charge in [-0.25, -0.2) is 9.97 Å². The summed E-state index contributed by atoms with van der Waals surface area (Å²) in [4.78, 5) is 20.7. The number of nitrogens with zero attached hydrogens (tertiary/aromatic N) is 3. The number of nitriles is 1. The molecule has 4 fully saturated rings. The van der Waals surface area contributed by atoms with Gasteiger partial charge in [0.2, 0.25) is 5.95 Å². The Bertz CT molecular complexity index is 716. The number of anilines is 1. The minimum absolute atomic E-state index is 0.0500. The van der Waals surface area contributed by atoms with Crippen LogP contribution in [-0.2, 0) is 4.79 Å². The molecule has 1 aromatic rings. The van der Waals surface area contributed by atoms with Crippen molar-refractivity contribution in [1.82, 2.24) is 15.3 Å². The van der Waals surface area contributed by atoms with E-state index in [1.54, 1.807) is 18.5 Å². The van der Waals surface area contributed by atoms with Crippen molar-refractivity contribution >= 4 is 11.9 Å². The molecule has 1 aromatic heterocycles. The lowest BCUT2D eigenvalue weighted by Gasteiger charge is -2.59. The Morgan fingerprint density at radius 1 is 1.23 bits per heavy atom. The molecule has 4 saturated carbocycles. The van der Waals surface area contributed by atoms with E-state index in [0.29, 0.717) is 5.95 Å². The van der Waals surface area contributed by atoms with Crippen molar-refractivity contribution in [1.29, 1.82) is 5.26 Å². The summed E-state index contributed by atoms with van der Waals surface area (Å²) in [6.07, 6.45) is 12.4. The molecule has 26 heavy (non-hydrogen) atoms. The van der Waals surface area contributed by atoms with Gasteiger partial charge in [0.1, 0.15) is 11.6 Å². The summed E-state index contributed by atoms with van der Waals surface area (Å²) in [5.41, 5.74) is 0.273. The predicted molar refractivity (Wildman–Crippen MR) is 97.6 cm³/mol. The van der Waals surface area contributed by atoms with Crippen LogP contribution in [0.1, 0.15) is 45.4 Å². The molecule has 4 aliphatic rings. The first kappa shape index (κ1) is 17.0. The highest BCUT2D eigenvalue weighted by Crippen LogP contribution is 2.61. The molecule has 0 saturated heterocycles. The summed E-state index contributed by atoms with van der Waals surface area (Å²) in [6, 6.07) is 3.78. The third kappa shape index (κ3) is 3.18. The highest BCUT2D eigenvalue weighted by atomic mass is 16.1. The van der Waals surface area contributed by atoms with Crippen molar-refractivity contribution < 1.29 is 4.79 Å².